The number of fused-ring (bicyclic) bond motifs is 2. The fourth-order valence-corrected chi connectivity index (χ4v) is 3.85. The smallest absolute Gasteiger partial charge is 0.325 e. The van der Waals surface area contributed by atoms with E-state index in [4.69, 9.17) is 14.2 Å². The highest BCUT2D eigenvalue weighted by atomic mass is 32.1. The van der Waals surface area contributed by atoms with Crippen LogP contribution in [0.3, 0.4) is 0 Å². The third kappa shape index (κ3) is 3.48. The molecule has 4 rings (SSSR count). The van der Waals surface area contributed by atoms with Gasteiger partial charge in [-0.3, -0.25) is 9.59 Å². The van der Waals surface area contributed by atoms with Crippen molar-refractivity contribution in [1.82, 2.24) is 4.57 Å². The van der Waals surface area contributed by atoms with Crippen molar-refractivity contribution in [3.63, 3.8) is 0 Å². The summed E-state index contributed by atoms with van der Waals surface area (Å²) in [5.74, 6) is -0.463. The van der Waals surface area contributed by atoms with Crippen molar-refractivity contribution in [3.8, 4) is 11.5 Å². The van der Waals surface area contributed by atoms with Crippen LogP contribution in [-0.2, 0) is 20.9 Å². The van der Waals surface area contributed by atoms with Crippen molar-refractivity contribution >= 4 is 33.4 Å². The Morgan fingerprint density at radius 3 is 2.86 bits per heavy atom. The van der Waals surface area contributed by atoms with E-state index in [0.717, 1.165) is 11.3 Å². The number of ether oxygens (including phenoxy) is 3. The molecule has 28 heavy (non-hydrogen) atoms. The molecule has 0 saturated carbocycles. The number of nitrogens with zero attached hydrogens (tertiary/aromatic N) is 2. The molecule has 2 heterocycles. The molecule has 0 aliphatic carbocycles. The molecule has 1 aliphatic rings. The Balaban J connectivity index is 1.71. The number of thiazole rings is 1. The number of halogens is 1. The summed E-state index contributed by atoms with van der Waals surface area (Å²) in [5.41, 5.74) is 0.578. The van der Waals surface area contributed by atoms with E-state index in [1.807, 2.05) is 0 Å². The number of methoxy groups -OCH3 is 1. The largest absolute Gasteiger partial charge is 0.485 e. The van der Waals surface area contributed by atoms with Crippen LogP contribution < -0.4 is 14.3 Å². The van der Waals surface area contributed by atoms with Crippen LogP contribution in [0.4, 0.5) is 4.39 Å². The lowest BCUT2D eigenvalue weighted by Crippen LogP contribution is -2.37. The summed E-state index contributed by atoms with van der Waals surface area (Å²) in [6.07, 6.45) is -0.913. The Morgan fingerprint density at radius 1 is 1.29 bits per heavy atom. The van der Waals surface area contributed by atoms with Crippen molar-refractivity contribution in [2.45, 2.75) is 12.6 Å². The number of aromatic nitrogens is 1. The van der Waals surface area contributed by atoms with E-state index in [1.54, 1.807) is 24.3 Å². The molecule has 1 unspecified atom stereocenters. The molecule has 1 atom stereocenters. The van der Waals surface area contributed by atoms with Gasteiger partial charge in [-0.15, -0.1) is 0 Å². The van der Waals surface area contributed by atoms with E-state index in [2.05, 4.69) is 4.99 Å². The van der Waals surface area contributed by atoms with Crippen molar-refractivity contribution in [2.75, 3.05) is 13.7 Å². The molecule has 0 bridgehead atoms. The second-order valence-electron chi connectivity index (χ2n) is 5.97. The SMILES string of the molecule is COC(=O)Cn1c(=NC(=O)C2COc3ccccc3O2)sc2cc(F)ccc21. The number of esters is 1. The lowest BCUT2D eigenvalue weighted by Gasteiger charge is -2.23. The van der Waals surface area contributed by atoms with Crippen LogP contribution in [0.2, 0.25) is 0 Å². The minimum absolute atomic E-state index is 0.0237. The predicted molar refractivity (Wildman–Crippen MR) is 98.7 cm³/mol. The summed E-state index contributed by atoms with van der Waals surface area (Å²) < 4.78 is 31.6. The van der Waals surface area contributed by atoms with E-state index in [-0.39, 0.29) is 18.0 Å². The molecule has 0 saturated heterocycles. The average Bonchev–Trinajstić information content (AvgIpc) is 3.03. The van der Waals surface area contributed by atoms with Crippen LogP contribution in [0.5, 0.6) is 11.5 Å². The molecule has 0 radical (unpaired) electrons. The first kappa shape index (κ1) is 18.2. The van der Waals surface area contributed by atoms with Gasteiger partial charge >= 0.3 is 5.97 Å². The van der Waals surface area contributed by atoms with Crippen LogP contribution in [0.1, 0.15) is 0 Å². The number of rotatable bonds is 3. The lowest BCUT2D eigenvalue weighted by molar-refractivity contribution is -0.141. The minimum Gasteiger partial charge on any atom is -0.485 e. The van der Waals surface area contributed by atoms with Gasteiger partial charge in [-0.25, -0.2) is 4.39 Å². The van der Waals surface area contributed by atoms with Crippen molar-refractivity contribution in [1.29, 1.82) is 0 Å². The standard InChI is InChI=1S/C19H15FN2O5S/c1-25-17(23)9-22-12-7-6-11(20)8-16(12)28-19(22)21-18(24)15-10-26-13-4-2-3-5-14(13)27-15/h2-8,15H,9-10H2,1H3. The second-order valence-corrected chi connectivity index (χ2v) is 6.98. The maximum atomic E-state index is 13.6. The third-order valence-electron chi connectivity index (χ3n) is 4.15. The monoisotopic (exact) mass is 402 g/mol. The van der Waals surface area contributed by atoms with Gasteiger partial charge in [-0.2, -0.15) is 4.99 Å². The summed E-state index contributed by atoms with van der Waals surface area (Å²) in [6, 6.07) is 11.2. The molecular formula is C19H15FN2O5S. The van der Waals surface area contributed by atoms with Gasteiger partial charge in [0.1, 0.15) is 19.0 Å². The normalized spacial score (nSPS) is 16.2. The van der Waals surface area contributed by atoms with Gasteiger partial charge < -0.3 is 18.8 Å². The molecule has 1 aliphatic heterocycles. The van der Waals surface area contributed by atoms with Crippen LogP contribution in [0.25, 0.3) is 10.2 Å². The molecular weight excluding hydrogens is 387 g/mol. The number of amides is 1. The Bertz CT molecular complexity index is 1140. The number of carbonyl (C=O) groups excluding carboxylic acids is 2. The van der Waals surface area contributed by atoms with Gasteiger partial charge in [0.25, 0.3) is 5.91 Å². The Labute approximate surface area is 162 Å². The number of hydrogen-bond acceptors (Lipinski definition) is 6. The fourth-order valence-electron chi connectivity index (χ4n) is 2.79. The molecule has 1 amide bonds. The maximum Gasteiger partial charge on any atom is 0.325 e. The first-order valence-corrected chi connectivity index (χ1v) is 9.19. The highest BCUT2D eigenvalue weighted by Crippen LogP contribution is 2.31. The van der Waals surface area contributed by atoms with Crippen molar-refractivity contribution < 1.29 is 28.2 Å². The van der Waals surface area contributed by atoms with Crippen molar-refractivity contribution in [3.05, 3.63) is 53.1 Å². The molecule has 0 spiro atoms. The molecule has 2 aromatic carbocycles. The number of benzene rings is 2. The van der Waals surface area contributed by atoms with Gasteiger partial charge in [0, 0.05) is 0 Å². The first-order chi connectivity index (χ1) is 13.5. The zero-order valence-electron chi connectivity index (χ0n) is 14.8. The van der Waals surface area contributed by atoms with Crippen LogP contribution in [0.15, 0.2) is 47.5 Å². The van der Waals surface area contributed by atoms with Crippen LogP contribution >= 0.6 is 11.3 Å². The Hall–Kier alpha value is -3.20. The molecule has 1 aromatic heterocycles. The van der Waals surface area contributed by atoms with Crippen LogP contribution in [0, 0.1) is 5.82 Å². The number of para-hydroxylation sites is 2. The molecule has 7 nitrogen and oxygen atoms in total. The molecule has 3 aromatic rings. The quantitative estimate of drug-likeness (QED) is 0.628. The third-order valence-corrected chi connectivity index (χ3v) is 5.19. The van der Waals surface area contributed by atoms with Gasteiger partial charge in [-0.1, -0.05) is 23.5 Å². The summed E-state index contributed by atoms with van der Waals surface area (Å²) in [5, 5.41) is 0. The van der Waals surface area contributed by atoms with E-state index in [1.165, 1.54) is 29.9 Å². The van der Waals surface area contributed by atoms with Crippen molar-refractivity contribution in [2.24, 2.45) is 4.99 Å². The summed E-state index contributed by atoms with van der Waals surface area (Å²) >= 11 is 1.10. The summed E-state index contributed by atoms with van der Waals surface area (Å²) in [6.45, 7) is -0.130. The molecule has 144 valence electrons. The average molecular weight is 402 g/mol. The zero-order chi connectivity index (χ0) is 19.7. The maximum absolute atomic E-state index is 13.6. The van der Waals surface area contributed by atoms with Gasteiger partial charge in [0.05, 0.1) is 17.3 Å². The molecule has 9 heteroatoms. The topological polar surface area (TPSA) is 79.1 Å². The van der Waals surface area contributed by atoms with Gasteiger partial charge in [-0.05, 0) is 30.3 Å². The van der Waals surface area contributed by atoms with E-state index >= 15 is 0 Å². The lowest BCUT2D eigenvalue weighted by atomic mass is 10.2. The summed E-state index contributed by atoms with van der Waals surface area (Å²) in [4.78, 5) is 28.8. The Morgan fingerprint density at radius 2 is 2.07 bits per heavy atom. The van der Waals surface area contributed by atoms with E-state index < -0.39 is 23.8 Å². The molecule has 0 fully saturated rings. The van der Waals surface area contributed by atoms with Crippen LogP contribution in [-0.4, -0.2) is 36.3 Å². The second kappa shape index (κ2) is 7.43. The fraction of sp³-hybridized carbons (Fsp3) is 0.211. The van der Waals surface area contributed by atoms with Gasteiger partial charge in [0.15, 0.2) is 16.3 Å². The highest BCUT2D eigenvalue weighted by Gasteiger charge is 2.27. The van der Waals surface area contributed by atoms with Gasteiger partial charge in [0.2, 0.25) is 6.10 Å². The van der Waals surface area contributed by atoms with E-state index in [9.17, 15) is 14.0 Å². The molecule has 0 N–H and O–H groups in total. The predicted octanol–water partition coefficient (Wildman–Crippen LogP) is 2.28. The highest BCUT2D eigenvalue weighted by molar-refractivity contribution is 7.16. The van der Waals surface area contributed by atoms with E-state index in [0.29, 0.717) is 21.7 Å². The number of carbonyl (C=O) groups is 2. The summed E-state index contributed by atoms with van der Waals surface area (Å²) in [7, 11) is 1.27. The number of hydrogen-bond donors (Lipinski definition) is 0. The zero-order valence-corrected chi connectivity index (χ0v) is 15.6. The minimum atomic E-state index is -0.913. The Kier molecular flexibility index (Phi) is 4.82. The first-order valence-electron chi connectivity index (χ1n) is 8.38.